The summed E-state index contributed by atoms with van der Waals surface area (Å²) in [6, 6.07) is 4.03. The number of aromatic nitrogens is 2. The van der Waals surface area contributed by atoms with Gasteiger partial charge in [-0.15, -0.1) is 0 Å². The zero-order valence-electron chi connectivity index (χ0n) is 10.6. The third-order valence-corrected chi connectivity index (χ3v) is 3.10. The smallest absolute Gasteiger partial charge is 0.339 e. The molecule has 0 amide bonds. The van der Waals surface area contributed by atoms with Gasteiger partial charge in [0, 0.05) is 11.1 Å². The number of hydrogen-bond donors (Lipinski definition) is 1. The number of nitro benzene ring substituents is 1. The van der Waals surface area contributed by atoms with Gasteiger partial charge in [-0.3, -0.25) is 10.1 Å². The van der Waals surface area contributed by atoms with Gasteiger partial charge in [-0.25, -0.2) is 9.48 Å². The molecule has 1 aromatic heterocycles. The van der Waals surface area contributed by atoms with Crippen LogP contribution in [0.15, 0.2) is 18.2 Å². The minimum absolute atomic E-state index is 0.0271. The van der Waals surface area contributed by atoms with Crippen LogP contribution in [0, 0.1) is 24.0 Å². The largest absolute Gasteiger partial charge is 0.478 e. The quantitative estimate of drug-likeness (QED) is 0.693. The van der Waals surface area contributed by atoms with Crippen LogP contribution >= 0.6 is 11.6 Å². The highest BCUT2D eigenvalue weighted by atomic mass is 35.5. The van der Waals surface area contributed by atoms with Crippen LogP contribution in [0.4, 0.5) is 5.69 Å². The number of aromatic carboxylic acids is 1. The Labute approximate surface area is 118 Å². The first-order valence-corrected chi connectivity index (χ1v) is 5.94. The molecule has 0 fully saturated rings. The van der Waals surface area contributed by atoms with E-state index in [0.29, 0.717) is 10.7 Å². The molecule has 0 radical (unpaired) electrons. The van der Waals surface area contributed by atoms with E-state index in [9.17, 15) is 14.9 Å². The van der Waals surface area contributed by atoms with Gasteiger partial charge < -0.3 is 5.11 Å². The molecule has 1 aromatic carbocycles. The summed E-state index contributed by atoms with van der Waals surface area (Å²) in [4.78, 5) is 21.6. The van der Waals surface area contributed by atoms with Crippen molar-refractivity contribution in [1.29, 1.82) is 0 Å². The number of nitrogens with zero attached hydrogens (tertiary/aromatic N) is 3. The second-order valence-electron chi connectivity index (χ2n) is 4.15. The van der Waals surface area contributed by atoms with Crippen LogP contribution < -0.4 is 0 Å². The number of nitro groups is 1. The standard InChI is InChI=1S/C12H10ClN3O4/c1-6-11(12(17)18)7(2)15(14-6)10-5-8(13)3-4-9(10)16(19)20/h3-5H,1-2H3,(H,17,18). The number of benzene rings is 1. The fraction of sp³-hybridized carbons (Fsp3) is 0.167. The van der Waals surface area contributed by atoms with E-state index < -0.39 is 10.9 Å². The lowest BCUT2D eigenvalue weighted by Gasteiger charge is -2.06. The van der Waals surface area contributed by atoms with E-state index in [1.165, 1.54) is 36.7 Å². The molecule has 7 nitrogen and oxygen atoms in total. The minimum atomic E-state index is -1.13. The summed E-state index contributed by atoms with van der Waals surface area (Å²) in [6.07, 6.45) is 0. The summed E-state index contributed by atoms with van der Waals surface area (Å²) in [5, 5.41) is 24.5. The summed E-state index contributed by atoms with van der Waals surface area (Å²) in [5.41, 5.74) is 0.552. The van der Waals surface area contributed by atoms with Crippen LogP contribution in [0.25, 0.3) is 5.69 Å². The minimum Gasteiger partial charge on any atom is -0.478 e. The molecule has 20 heavy (non-hydrogen) atoms. The van der Waals surface area contributed by atoms with Crippen molar-refractivity contribution in [2.75, 3.05) is 0 Å². The number of halogens is 1. The molecule has 0 atom stereocenters. The average molecular weight is 296 g/mol. The Kier molecular flexibility index (Phi) is 3.46. The van der Waals surface area contributed by atoms with Crippen molar-refractivity contribution < 1.29 is 14.8 Å². The molecular formula is C12H10ClN3O4. The Hall–Kier alpha value is -2.41. The number of carboxylic acid groups (broad SMARTS) is 1. The lowest BCUT2D eigenvalue weighted by atomic mass is 10.2. The summed E-state index contributed by atoms with van der Waals surface area (Å²) < 4.78 is 1.22. The zero-order valence-corrected chi connectivity index (χ0v) is 11.4. The van der Waals surface area contributed by atoms with Gasteiger partial charge in [-0.05, 0) is 26.0 Å². The van der Waals surface area contributed by atoms with E-state index >= 15 is 0 Å². The molecule has 0 aliphatic heterocycles. The van der Waals surface area contributed by atoms with E-state index in [4.69, 9.17) is 16.7 Å². The Morgan fingerprint density at radius 3 is 2.60 bits per heavy atom. The lowest BCUT2D eigenvalue weighted by Crippen LogP contribution is -2.05. The number of aryl methyl sites for hydroxylation is 1. The average Bonchev–Trinajstić information content (AvgIpc) is 2.64. The molecule has 0 aliphatic rings. The van der Waals surface area contributed by atoms with Crippen LogP contribution in [-0.4, -0.2) is 25.8 Å². The zero-order chi connectivity index (χ0) is 15.0. The first-order valence-electron chi connectivity index (χ1n) is 5.56. The first-order chi connectivity index (χ1) is 9.32. The third-order valence-electron chi connectivity index (χ3n) is 2.87. The maximum Gasteiger partial charge on any atom is 0.339 e. The van der Waals surface area contributed by atoms with Crippen molar-refractivity contribution >= 4 is 23.3 Å². The number of carboxylic acids is 1. The predicted octanol–water partition coefficient (Wildman–Crippen LogP) is 2.75. The third kappa shape index (κ3) is 2.23. The van der Waals surface area contributed by atoms with Gasteiger partial charge in [0.05, 0.1) is 16.3 Å². The highest BCUT2D eigenvalue weighted by molar-refractivity contribution is 6.30. The van der Waals surface area contributed by atoms with Gasteiger partial charge in [0.25, 0.3) is 5.69 Å². The van der Waals surface area contributed by atoms with Crippen LogP contribution in [-0.2, 0) is 0 Å². The predicted molar refractivity (Wildman–Crippen MR) is 71.7 cm³/mol. The highest BCUT2D eigenvalue weighted by Gasteiger charge is 2.23. The van der Waals surface area contributed by atoms with Crippen molar-refractivity contribution in [3.05, 3.63) is 50.3 Å². The van der Waals surface area contributed by atoms with Crippen LogP contribution in [0.1, 0.15) is 21.7 Å². The van der Waals surface area contributed by atoms with E-state index in [1.54, 1.807) is 0 Å². The molecule has 0 saturated carbocycles. The molecule has 2 aromatic rings. The summed E-state index contributed by atoms with van der Waals surface area (Å²) >= 11 is 5.85. The summed E-state index contributed by atoms with van der Waals surface area (Å²) in [5.74, 6) is -1.13. The molecule has 0 saturated heterocycles. The monoisotopic (exact) mass is 295 g/mol. The Balaban J connectivity index is 2.75. The molecule has 0 bridgehead atoms. The van der Waals surface area contributed by atoms with Crippen molar-refractivity contribution in [2.45, 2.75) is 13.8 Å². The second-order valence-corrected chi connectivity index (χ2v) is 4.59. The van der Waals surface area contributed by atoms with E-state index in [2.05, 4.69) is 5.10 Å². The SMILES string of the molecule is Cc1nn(-c2cc(Cl)ccc2[N+](=O)[O-])c(C)c1C(=O)O. The van der Waals surface area contributed by atoms with Gasteiger partial charge >= 0.3 is 5.97 Å². The summed E-state index contributed by atoms with van der Waals surface area (Å²) in [7, 11) is 0. The summed E-state index contributed by atoms with van der Waals surface area (Å²) in [6.45, 7) is 3.07. The van der Waals surface area contributed by atoms with Crippen LogP contribution in [0.2, 0.25) is 5.02 Å². The van der Waals surface area contributed by atoms with Crippen molar-refractivity contribution in [1.82, 2.24) is 9.78 Å². The molecule has 8 heteroatoms. The molecule has 0 spiro atoms. The highest BCUT2D eigenvalue weighted by Crippen LogP contribution is 2.28. The van der Waals surface area contributed by atoms with Gasteiger partial charge in [0.15, 0.2) is 0 Å². The van der Waals surface area contributed by atoms with E-state index in [0.717, 1.165) is 0 Å². The maximum atomic E-state index is 11.2. The van der Waals surface area contributed by atoms with Crippen LogP contribution in [0.5, 0.6) is 0 Å². The number of carbonyl (C=O) groups is 1. The molecule has 1 heterocycles. The fourth-order valence-electron chi connectivity index (χ4n) is 2.01. The molecule has 104 valence electrons. The van der Waals surface area contributed by atoms with E-state index in [-0.39, 0.29) is 22.6 Å². The Bertz CT molecular complexity index is 724. The van der Waals surface area contributed by atoms with Crippen molar-refractivity contribution in [2.24, 2.45) is 0 Å². The normalized spacial score (nSPS) is 10.6. The Morgan fingerprint density at radius 2 is 2.10 bits per heavy atom. The fourth-order valence-corrected chi connectivity index (χ4v) is 2.17. The van der Waals surface area contributed by atoms with Gasteiger partial charge in [-0.2, -0.15) is 5.10 Å². The molecule has 2 rings (SSSR count). The maximum absolute atomic E-state index is 11.2. The number of hydrogen-bond acceptors (Lipinski definition) is 4. The Morgan fingerprint density at radius 1 is 1.45 bits per heavy atom. The van der Waals surface area contributed by atoms with Gasteiger partial charge in [0.1, 0.15) is 11.3 Å². The number of rotatable bonds is 3. The van der Waals surface area contributed by atoms with Gasteiger partial charge in [-0.1, -0.05) is 11.6 Å². The first kappa shape index (κ1) is 14.0. The molecular weight excluding hydrogens is 286 g/mol. The second kappa shape index (κ2) is 4.93. The topological polar surface area (TPSA) is 98.3 Å². The van der Waals surface area contributed by atoms with Crippen molar-refractivity contribution in [3.8, 4) is 5.69 Å². The van der Waals surface area contributed by atoms with Crippen molar-refractivity contribution in [3.63, 3.8) is 0 Å². The molecule has 0 aliphatic carbocycles. The lowest BCUT2D eigenvalue weighted by molar-refractivity contribution is -0.384. The van der Waals surface area contributed by atoms with Crippen LogP contribution in [0.3, 0.4) is 0 Å². The molecule has 1 N–H and O–H groups in total. The van der Waals surface area contributed by atoms with Gasteiger partial charge in [0.2, 0.25) is 0 Å². The molecule has 0 unspecified atom stereocenters. The van der Waals surface area contributed by atoms with E-state index in [1.807, 2.05) is 0 Å².